The van der Waals surface area contributed by atoms with Gasteiger partial charge >= 0.3 is 0 Å². The SMILES string of the molecule is CCCCn1c(O)c(N=Nc2ccc(S(=O)(=O)N3CCOCC3)cc2[N+](=O)[O-])c2ccccc21. The van der Waals surface area contributed by atoms with E-state index in [2.05, 4.69) is 10.2 Å². The summed E-state index contributed by atoms with van der Waals surface area (Å²) in [5.74, 6) is -0.0763. The number of hydrogen-bond acceptors (Lipinski definition) is 8. The molecule has 0 saturated carbocycles. The summed E-state index contributed by atoms with van der Waals surface area (Å²) in [6, 6.07) is 10.8. The number of fused-ring (bicyclic) bond motifs is 1. The van der Waals surface area contributed by atoms with Gasteiger partial charge in [-0.05, 0) is 24.6 Å². The number of nitrogens with zero attached hydrogens (tertiary/aromatic N) is 5. The molecule has 0 amide bonds. The summed E-state index contributed by atoms with van der Waals surface area (Å²) in [5.41, 5.74) is 0.373. The molecule has 1 saturated heterocycles. The number of hydrogen-bond donors (Lipinski definition) is 1. The van der Waals surface area contributed by atoms with Crippen LogP contribution in [0.2, 0.25) is 0 Å². The highest BCUT2D eigenvalue weighted by molar-refractivity contribution is 7.89. The topological polar surface area (TPSA) is 140 Å². The van der Waals surface area contributed by atoms with Crippen molar-refractivity contribution in [2.24, 2.45) is 10.2 Å². The van der Waals surface area contributed by atoms with Crippen molar-refractivity contribution in [3.05, 3.63) is 52.6 Å². The zero-order chi connectivity index (χ0) is 24.3. The molecule has 12 heteroatoms. The summed E-state index contributed by atoms with van der Waals surface area (Å²) >= 11 is 0. The van der Waals surface area contributed by atoms with Crippen LogP contribution in [0.25, 0.3) is 10.9 Å². The lowest BCUT2D eigenvalue weighted by molar-refractivity contribution is -0.384. The van der Waals surface area contributed by atoms with Gasteiger partial charge in [0.05, 0.1) is 28.5 Å². The maximum Gasteiger partial charge on any atom is 0.298 e. The third-order valence-corrected chi connectivity index (χ3v) is 7.56. The van der Waals surface area contributed by atoms with Gasteiger partial charge in [0.1, 0.15) is 0 Å². The zero-order valence-corrected chi connectivity index (χ0v) is 19.4. The number of aryl methyl sites for hydroxylation is 1. The summed E-state index contributed by atoms with van der Waals surface area (Å²) < 4.78 is 33.9. The highest BCUT2D eigenvalue weighted by Gasteiger charge is 2.29. The number of nitro benzene ring substituents is 1. The summed E-state index contributed by atoms with van der Waals surface area (Å²) in [4.78, 5) is 10.8. The third kappa shape index (κ3) is 4.52. The number of morpholine rings is 1. The number of para-hydroxylation sites is 1. The fourth-order valence-corrected chi connectivity index (χ4v) is 5.28. The number of benzene rings is 2. The van der Waals surface area contributed by atoms with Gasteiger partial charge in [-0.15, -0.1) is 10.2 Å². The standard InChI is InChI=1S/C22H25N5O6S/c1-2-3-10-26-19-7-5-4-6-17(19)21(22(26)28)24-23-18-9-8-16(15-20(18)27(29)30)34(31,32)25-11-13-33-14-12-25/h4-9,15,28H,2-3,10-14H2,1H3. The number of sulfonamides is 1. The van der Waals surface area contributed by atoms with Crippen LogP contribution in [0.3, 0.4) is 0 Å². The molecule has 1 aromatic heterocycles. The predicted molar refractivity (Wildman–Crippen MR) is 125 cm³/mol. The van der Waals surface area contributed by atoms with E-state index in [-0.39, 0.29) is 48.5 Å². The van der Waals surface area contributed by atoms with Crippen LogP contribution in [-0.2, 0) is 21.3 Å². The molecular formula is C22H25N5O6S. The van der Waals surface area contributed by atoms with E-state index in [0.717, 1.165) is 24.4 Å². The Balaban J connectivity index is 1.72. The second-order valence-corrected chi connectivity index (χ2v) is 9.76. The van der Waals surface area contributed by atoms with Crippen LogP contribution >= 0.6 is 0 Å². The summed E-state index contributed by atoms with van der Waals surface area (Å²) in [6.07, 6.45) is 1.79. The van der Waals surface area contributed by atoms with E-state index in [9.17, 15) is 23.6 Å². The van der Waals surface area contributed by atoms with Crippen molar-refractivity contribution < 1.29 is 23.2 Å². The van der Waals surface area contributed by atoms with E-state index >= 15 is 0 Å². The molecule has 4 rings (SSSR count). The van der Waals surface area contributed by atoms with Gasteiger partial charge in [0, 0.05) is 31.1 Å². The molecule has 3 aromatic rings. The van der Waals surface area contributed by atoms with E-state index in [4.69, 9.17) is 4.74 Å². The normalized spacial score (nSPS) is 15.3. The molecule has 2 heterocycles. The molecule has 0 spiro atoms. The first-order valence-electron chi connectivity index (χ1n) is 10.9. The summed E-state index contributed by atoms with van der Waals surface area (Å²) in [7, 11) is -3.91. The molecule has 0 aliphatic carbocycles. The number of rotatable bonds is 8. The molecule has 1 aliphatic heterocycles. The Hall–Kier alpha value is -3.35. The fourth-order valence-electron chi connectivity index (χ4n) is 3.85. The summed E-state index contributed by atoms with van der Waals surface area (Å²) in [6.45, 7) is 3.53. The van der Waals surface area contributed by atoms with Gasteiger partial charge in [-0.25, -0.2) is 8.42 Å². The van der Waals surface area contributed by atoms with Crippen LogP contribution in [0.4, 0.5) is 17.1 Å². The quantitative estimate of drug-likeness (QED) is 0.282. The van der Waals surface area contributed by atoms with E-state index in [0.29, 0.717) is 11.9 Å². The first-order valence-corrected chi connectivity index (χ1v) is 12.4. The first kappa shape index (κ1) is 23.8. The predicted octanol–water partition coefficient (Wildman–Crippen LogP) is 4.49. The van der Waals surface area contributed by atoms with Gasteiger partial charge < -0.3 is 14.4 Å². The molecule has 0 bridgehead atoms. The van der Waals surface area contributed by atoms with Gasteiger partial charge in [-0.1, -0.05) is 31.5 Å². The Bertz CT molecular complexity index is 1350. The average molecular weight is 488 g/mol. The van der Waals surface area contributed by atoms with Crippen molar-refractivity contribution in [3.8, 4) is 5.88 Å². The van der Waals surface area contributed by atoms with Gasteiger partial charge in [-0.3, -0.25) is 10.1 Å². The number of azo groups is 1. The van der Waals surface area contributed by atoms with Crippen molar-refractivity contribution in [3.63, 3.8) is 0 Å². The minimum atomic E-state index is -3.91. The van der Waals surface area contributed by atoms with Gasteiger partial charge in [-0.2, -0.15) is 4.31 Å². The van der Waals surface area contributed by atoms with Crippen LogP contribution < -0.4 is 0 Å². The molecule has 0 unspecified atom stereocenters. The third-order valence-electron chi connectivity index (χ3n) is 5.66. The first-order chi connectivity index (χ1) is 16.3. The zero-order valence-electron chi connectivity index (χ0n) is 18.6. The second-order valence-electron chi connectivity index (χ2n) is 7.82. The van der Waals surface area contributed by atoms with Gasteiger partial charge in [0.25, 0.3) is 5.69 Å². The molecule has 0 atom stereocenters. The van der Waals surface area contributed by atoms with Gasteiger partial charge in [0.15, 0.2) is 11.4 Å². The van der Waals surface area contributed by atoms with Crippen LogP contribution in [-0.4, -0.2) is 53.6 Å². The lowest BCUT2D eigenvalue weighted by atomic mass is 10.2. The minimum absolute atomic E-state index is 0.0763. The van der Waals surface area contributed by atoms with Crippen molar-refractivity contribution >= 4 is 38.0 Å². The molecule has 11 nitrogen and oxygen atoms in total. The van der Waals surface area contributed by atoms with Crippen molar-refractivity contribution in [2.75, 3.05) is 26.3 Å². The molecule has 1 aliphatic rings. The minimum Gasteiger partial charge on any atom is -0.493 e. The van der Waals surface area contributed by atoms with E-state index in [1.165, 1.54) is 16.4 Å². The lowest BCUT2D eigenvalue weighted by Crippen LogP contribution is -2.40. The van der Waals surface area contributed by atoms with Crippen LogP contribution in [0.15, 0.2) is 57.6 Å². The van der Waals surface area contributed by atoms with Crippen molar-refractivity contribution in [1.82, 2.24) is 8.87 Å². The number of ether oxygens (including phenoxy) is 1. The Morgan fingerprint density at radius 2 is 1.88 bits per heavy atom. The molecule has 1 N–H and O–H groups in total. The van der Waals surface area contributed by atoms with E-state index in [1.807, 2.05) is 19.1 Å². The molecule has 1 fully saturated rings. The molecular weight excluding hydrogens is 462 g/mol. The largest absolute Gasteiger partial charge is 0.493 e. The molecule has 180 valence electrons. The maximum absolute atomic E-state index is 12.9. The lowest BCUT2D eigenvalue weighted by Gasteiger charge is -2.25. The molecule has 0 radical (unpaired) electrons. The Morgan fingerprint density at radius 1 is 1.15 bits per heavy atom. The van der Waals surface area contributed by atoms with E-state index < -0.39 is 20.6 Å². The fraction of sp³-hybridized carbons (Fsp3) is 0.364. The van der Waals surface area contributed by atoms with Crippen molar-refractivity contribution in [2.45, 2.75) is 31.2 Å². The van der Waals surface area contributed by atoms with Crippen LogP contribution in [0.5, 0.6) is 5.88 Å². The van der Waals surface area contributed by atoms with Crippen LogP contribution in [0.1, 0.15) is 19.8 Å². The van der Waals surface area contributed by atoms with Gasteiger partial charge in [0.2, 0.25) is 15.9 Å². The van der Waals surface area contributed by atoms with Crippen molar-refractivity contribution in [1.29, 1.82) is 0 Å². The Morgan fingerprint density at radius 3 is 2.59 bits per heavy atom. The Labute approximate surface area is 196 Å². The molecule has 2 aromatic carbocycles. The smallest absolute Gasteiger partial charge is 0.298 e. The monoisotopic (exact) mass is 487 g/mol. The van der Waals surface area contributed by atoms with Crippen LogP contribution in [0, 0.1) is 10.1 Å². The number of aromatic nitrogens is 1. The number of unbranched alkanes of at least 4 members (excludes halogenated alkanes) is 1. The van der Waals surface area contributed by atoms with E-state index in [1.54, 1.807) is 16.7 Å². The summed E-state index contributed by atoms with van der Waals surface area (Å²) in [5, 5.41) is 31.3. The average Bonchev–Trinajstić information content (AvgIpc) is 3.12. The highest BCUT2D eigenvalue weighted by atomic mass is 32.2. The second kappa shape index (κ2) is 9.87. The molecule has 34 heavy (non-hydrogen) atoms. The maximum atomic E-state index is 12.9. The number of nitro groups is 1. The Kier molecular flexibility index (Phi) is 6.91. The highest BCUT2D eigenvalue weighted by Crippen LogP contribution is 2.40. The number of aromatic hydroxyl groups is 1.